The molecule has 1 aromatic rings. The fourth-order valence-electron chi connectivity index (χ4n) is 1.69. The molecule has 0 unspecified atom stereocenters. The van der Waals surface area contributed by atoms with Crippen molar-refractivity contribution in [2.75, 3.05) is 0 Å². The van der Waals surface area contributed by atoms with E-state index >= 15 is 0 Å². The molecule has 0 bridgehead atoms. The molecule has 0 aliphatic heterocycles. The van der Waals surface area contributed by atoms with Crippen LogP contribution in [0.5, 0.6) is 5.75 Å². The second-order valence-corrected chi connectivity index (χ2v) is 6.89. The van der Waals surface area contributed by atoms with Crippen molar-refractivity contribution >= 4 is 18.6 Å². The van der Waals surface area contributed by atoms with Crippen LogP contribution in [0.4, 0.5) is 0 Å². The van der Waals surface area contributed by atoms with Gasteiger partial charge in [0.2, 0.25) is 0 Å². The number of hydrogen-bond donors (Lipinski definition) is 0. The number of benzene rings is 1. The van der Waals surface area contributed by atoms with Crippen LogP contribution in [0.3, 0.4) is 0 Å². The van der Waals surface area contributed by atoms with Gasteiger partial charge in [-0.2, -0.15) is 0 Å². The Bertz CT molecular complexity index is 433. The van der Waals surface area contributed by atoms with Crippen molar-refractivity contribution in [2.45, 2.75) is 46.3 Å². The molecule has 1 rings (SSSR count). The van der Waals surface area contributed by atoms with Gasteiger partial charge in [-0.3, -0.25) is 4.79 Å². The topological polar surface area (TPSA) is 26.3 Å². The molecule has 0 aromatic heterocycles. The van der Waals surface area contributed by atoms with Crippen LogP contribution in [-0.2, 0) is 22.2 Å². The average Bonchev–Trinajstić information content (AvgIpc) is 2.21. The monoisotopic (exact) mass is 267 g/mol. The van der Waals surface area contributed by atoms with Gasteiger partial charge >= 0.3 is 5.97 Å². The summed E-state index contributed by atoms with van der Waals surface area (Å²) in [5, 5.41) is 0. The van der Waals surface area contributed by atoms with E-state index in [4.69, 9.17) is 4.74 Å². The number of ether oxygens (including phenoxy) is 1. The second-order valence-electron chi connectivity index (χ2n) is 5.64. The lowest BCUT2D eigenvalue weighted by Gasteiger charge is -2.17. The Hall–Kier alpha value is -0.960. The zero-order chi connectivity index (χ0) is 14.1. The second kappa shape index (κ2) is 5.35. The molecule has 100 valence electrons. The molecule has 0 spiro atoms. The Labute approximate surface area is 115 Å². The van der Waals surface area contributed by atoms with E-state index in [0.717, 1.165) is 11.1 Å². The molecule has 0 fully saturated rings. The number of hydrogen-bond acceptors (Lipinski definition) is 2. The lowest BCUT2D eigenvalue weighted by molar-refractivity contribution is -0.137. The zero-order valence-electron chi connectivity index (χ0n) is 12.0. The van der Waals surface area contributed by atoms with Gasteiger partial charge in [-0.25, -0.2) is 0 Å². The van der Waals surface area contributed by atoms with Crippen molar-refractivity contribution in [3.05, 3.63) is 28.8 Å². The Morgan fingerprint density at radius 2 is 1.67 bits per heavy atom. The van der Waals surface area contributed by atoms with Gasteiger partial charge in [0.05, 0.1) is 5.92 Å². The van der Waals surface area contributed by atoms with Gasteiger partial charge < -0.3 is 4.74 Å². The molecule has 0 amide bonds. The summed E-state index contributed by atoms with van der Waals surface area (Å²) in [6.07, 6.45) is 0. The van der Waals surface area contributed by atoms with E-state index in [1.807, 2.05) is 27.7 Å². The van der Waals surface area contributed by atoms with Crippen LogP contribution in [0.2, 0.25) is 0 Å². The molecular formula is C15H23O2S+. The summed E-state index contributed by atoms with van der Waals surface area (Å²) in [6.45, 7) is 11.8. The first kappa shape index (κ1) is 15.1. The highest BCUT2D eigenvalue weighted by molar-refractivity contribution is 7.59. The minimum atomic E-state index is -0.188. The zero-order valence-corrected chi connectivity index (χ0v) is 13.0. The maximum absolute atomic E-state index is 11.7. The van der Waals surface area contributed by atoms with E-state index in [1.165, 1.54) is 5.56 Å². The van der Waals surface area contributed by atoms with E-state index in [0.29, 0.717) is 5.75 Å². The van der Waals surface area contributed by atoms with Crippen LogP contribution in [0.25, 0.3) is 0 Å². The largest absolute Gasteiger partial charge is 0.426 e. The highest BCUT2D eigenvalue weighted by atomic mass is 32.1. The lowest BCUT2D eigenvalue weighted by Crippen LogP contribution is -2.17. The first-order valence-electron chi connectivity index (χ1n) is 6.21. The number of carbonyl (C=O) groups is 1. The lowest BCUT2D eigenvalue weighted by atomic mass is 9.97. The molecule has 0 heterocycles. The first-order chi connectivity index (χ1) is 8.12. The van der Waals surface area contributed by atoms with Crippen molar-refractivity contribution < 1.29 is 9.53 Å². The Morgan fingerprint density at radius 3 is 2.00 bits per heavy atom. The van der Waals surface area contributed by atoms with Gasteiger partial charge in [0.25, 0.3) is 0 Å². The molecule has 0 aliphatic carbocycles. The van der Waals surface area contributed by atoms with Crippen molar-refractivity contribution in [1.82, 2.24) is 0 Å². The van der Waals surface area contributed by atoms with Crippen LogP contribution >= 0.6 is 0 Å². The van der Waals surface area contributed by atoms with E-state index in [2.05, 4.69) is 38.6 Å². The summed E-state index contributed by atoms with van der Waals surface area (Å²) in [4.78, 5) is 11.7. The maximum Gasteiger partial charge on any atom is 0.313 e. The molecule has 0 saturated heterocycles. The van der Waals surface area contributed by atoms with E-state index in [1.54, 1.807) is 0 Å². The predicted octanol–water partition coefficient (Wildman–Crippen LogP) is 3.11. The maximum atomic E-state index is 11.7. The Morgan fingerprint density at radius 1 is 1.22 bits per heavy atom. The Kier molecular flexibility index (Phi) is 4.49. The van der Waals surface area contributed by atoms with Crippen LogP contribution in [-0.4, -0.2) is 5.97 Å². The van der Waals surface area contributed by atoms with Gasteiger partial charge in [0, 0.05) is 5.56 Å². The summed E-state index contributed by atoms with van der Waals surface area (Å²) in [5.74, 6) is 0.385. The van der Waals surface area contributed by atoms with Gasteiger partial charge in [0.15, 0.2) is 0 Å². The molecule has 1 aromatic carbocycles. The molecule has 3 heteroatoms. The Balaban J connectivity index is 3.14. The molecule has 18 heavy (non-hydrogen) atoms. The van der Waals surface area contributed by atoms with E-state index < -0.39 is 0 Å². The van der Waals surface area contributed by atoms with Crippen molar-refractivity contribution in [1.29, 1.82) is 0 Å². The molecular weight excluding hydrogens is 244 g/mol. The standard InChI is InChI=1S/C15H22O2S/c1-9(2)14(16)17-13-10(3)7-12(8-11(13)4)15(5,6)18/h7-9,18H,1-6H3/p+1. The molecule has 2 nitrogen and oxygen atoms in total. The van der Waals surface area contributed by atoms with E-state index in [-0.39, 0.29) is 16.6 Å². The van der Waals surface area contributed by atoms with E-state index in [9.17, 15) is 4.79 Å². The smallest absolute Gasteiger partial charge is 0.313 e. The van der Waals surface area contributed by atoms with Gasteiger partial charge in [-0.05, 0) is 63.6 Å². The van der Waals surface area contributed by atoms with Gasteiger partial charge in [0.1, 0.15) is 10.5 Å². The third-order valence-electron chi connectivity index (χ3n) is 2.86. The highest BCUT2D eigenvalue weighted by Crippen LogP contribution is 2.30. The fraction of sp³-hybridized carbons (Fsp3) is 0.533. The number of esters is 1. The average molecular weight is 267 g/mol. The molecule has 0 atom stereocenters. The summed E-state index contributed by atoms with van der Waals surface area (Å²) >= 11 is 3.70. The van der Waals surface area contributed by atoms with Crippen LogP contribution in [0, 0.1) is 19.8 Å². The van der Waals surface area contributed by atoms with Gasteiger partial charge in [-0.15, -0.1) is 0 Å². The predicted molar refractivity (Wildman–Crippen MR) is 79.6 cm³/mol. The van der Waals surface area contributed by atoms with Crippen molar-refractivity contribution in [3.63, 3.8) is 0 Å². The van der Waals surface area contributed by atoms with Crippen molar-refractivity contribution in [2.24, 2.45) is 5.92 Å². The molecule has 0 N–H and O–H groups in total. The summed E-state index contributed by atoms with van der Waals surface area (Å²) in [7, 11) is 0. The van der Waals surface area contributed by atoms with Crippen molar-refractivity contribution in [3.8, 4) is 5.75 Å². The number of rotatable bonds is 3. The fourth-order valence-corrected chi connectivity index (χ4v) is 1.83. The van der Waals surface area contributed by atoms with Crippen LogP contribution in [0.15, 0.2) is 12.1 Å². The van der Waals surface area contributed by atoms with Gasteiger partial charge in [-0.1, -0.05) is 13.8 Å². The highest BCUT2D eigenvalue weighted by Gasteiger charge is 2.24. The number of carbonyl (C=O) groups excluding carboxylic acids is 1. The summed E-state index contributed by atoms with van der Waals surface area (Å²) < 4.78 is 5.36. The third kappa shape index (κ3) is 3.52. The first-order valence-corrected chi connectivity index (χ1v) is 6.71. The van der Waals surface area contributed by atoms with Crippen LogP contribution < -0.4 is 4.74 Å². The minimum Gasteiger partial charge on any atom is -0.426 e. The molecule has 0 radical (unpaired) electrons. The number of aryl methyl sites for hydroxylation is 2. The normalized spacial score (nSPS) is 11.8. The minimum absolute atomic E-state index is 0.0872. The van der Waals surface area contributed by atoms with Crippen LogP contribution in [0.1, 0.15) is 44.4 Å². The SMILES string of the molecule is Cc1cc(C(C)(C)[SH2+])cc(C)c1OC(=O)C(C)C. The summed E-state index contributed by atoms with van der Waals surface area (Å²) in [6, 6.07) is 4.12. The quantitative estimate of drug-likeness (QED) is 0.478. The third-order valence-corrected chi connectivity index (χ3v) is 3.14. The summed E-state index contributed by atoms with van der Waals surface area (Å²) in [5.41, 5.74) is 3.16. The molecule has 0 aliphatic rings. The molecule has 0 saturated carbocycles.